The van der Waals surface area contributed by atoms with Crippen LogP contribution >= 0.6 is 12.4 Å². The van der Waals surface area contributed by atoms with Crippen molar-refractivity contribution in [1.82, 2.24) is 4.98 Å². The Balaban J connectivity index is 0.00000128. The van der Waals surface area contributed by atoms with Crippen LogP contribution in [0.1, 0.15) is 10.4 Å². The van der Waals surface area contributed by atoms with Crippen LogP contribution in [0.25, 0.3) is 10.9 Å². The summed E-state index contributed by atoms with van der Waals surface area (Å²) in [4.78, 5) is 15.1. The largest absolute Gasteiger partial charge is 0.494 e. The first-order valence-corrected chi connectivity index (χ1v) is 4.39. The lowest BCUT2D eigenvalue weighted by atomic mass is 10.1. The predicted octanol–water partition coefficient (Wildman–Crippen LogP) is 2.36. The maximum absolute atomic E-state index is 10.9. The normalized spacial score (nSPS) is 9.56. The highest BCUT2D eigenvalue weighted by molar-refractivity contribution is 6.04. The van der Waals surface area contributed by atoms with E-state index in [2.05, 4.69) is 4.98 Å². The van der Waals surface area contributed by atoms with Gasteiger partial charge < -0.3 is 9.84 Å². The van der Waals surface area contributed by atoms with Gasteiger partial charge in [-0.25, -0.2) is 4.79 Å². The van der Waals surface area contributed by atoms with Gasteiger partial charge in [-0.1, -0.05) is 6.07 Å². The van der Waals surface area contributed by atoms with Crippen LogP contribution in [0, 0.1) is 0 Å². The van der Waals surface area contributed by atoms with Crippen LogP contribution in [0.2, 0.25) is 0 Å². The molecule has 1 heterocycles. The van der Waals surface area contributed by atoms with Gasteiger partial charge in [-0.05, 0) is 18.2 Å². The SMILES string of the molecule is COc1ccc(C(=O)O)c2cccnc12.Cl. The number of hydrogen-bond acceptors (Lipinski definition) is 3. The number of aromatic nitrogens is 1. The van der Waals surface area contributed by atoms with E-state index in [9.17, 15) is 4.79 Å². The molecule has 16 heavy (non-hydrogen) atoms. The summed E-state index contributed by atoms with van der Waals surface area (Å²) in [5.41, 5.74) is 0.804. The van der Waals surface area contributed by atoms with Crippen LogP contribution in [0.5, 0.6) is 5.75 Å². The van der Waals surface area contributed by atoms with Crippen LogP contribution in [0.3, 0.4) is 0 Å². The maximum atomic E-state index is 10.9. The second-order valence-electron chi connectivity index (χ2n) is 3.02. The number of nitrogens with zero attached hydrogens (tertiary/aromatic N) is 1. The summed E-state index contributed by atoms with van der Waals surface area (Å²) in [6.07, 6.45) is 1.61. The minimum Gasteiger partial charge on any atom is -0.494 e. The highest BCUT2D eigenvalue weighted by Crippen LogP contribution is 2.26. The van der Waals surface area contributed by atoms with E-state index in [4.69, 9.17) is 9.84 Å². The fourth-order valence-corrected chi connectivity index (χ4v) is 1.50. The summed E-state index contributed by atoms with van der Waals surface area (Å²) in [6.45, 7) is 0. The van der Waals surface area contributed by atoms with Crippen LogP contribution < -0.4 is 4.74 Å². The molecule has 5 heteroatoms. The third kappa shape index (κ3) is 1.92. The van der Waals surface area contributed by atoms with Crippen molar-refractivity contribution in [3.8, 4) is 5.75 Å². The molecular weight excluding hydrogens is 230 g/mol. The van der Waals surface area contributed by atoms with Crippen LogP contribution in [-0.2, 0) is 0 Å². The first-order chi connectivity index (χ1) is 7.24. The van der Waals surface area contributed by atoms with Gasteiger partial charge in [0.05, 0.1) is 12.7 Å². The van der Waals surface area contributed by atoms with E-state index in [1.54, 1.807) is 24.4 Å². The molecule has 0 spiro atoms. The number of benzene rings is 1. The number of halogens is 1. The number of carboxylic acid groups (broad SMARTS) is 1. The molecule has 1 aromatic heterocycles. The molecule has 1 N–H and O–H groups in total. The fraction of sp³-hybridized carbons (Fsp3) is 0.0909. The van der Waals surface area contributed by atoms with Gasteiger partial charge in [0, 0.05) is 11.6 Å². The van der Waals surface area contributed by atoms with Crippen molar-refractivity contribution in [2.75, 3.05) is 7.11 Å². The zero-order valence-electron chi connectivity index (χ0n) is 8.51. The molecule has 1 aromatic carbocycles. The van der Waals surface area contributed by atoms with Crippen LogP contribution in [-0.4, -0.2) is 23.2 Å². The molecule has 0 aliphatic carbocycles. The summed E-state index contributed by atoms with van der Waals surface area (Å²) in [6, 6.07) is 6.55. The van der Waals surface area contributed by atoms with Crippen LogP contribution in [0.15, 0.2) is 30.5 Å². The Labute approximate surface area is 98.3 Å². The highest BCUT2D eigenvalue weighted by Gasteiger charge is 2.11. The van der Waals surface area contributed by atoms with Crippen LogP contribution in [0.4, 0.5) is 0 Å². The molecule has 4 nitrogen and oxygen atoms in total. The Kier molecular flexibility index (Phi) is 3.68. The summed E-state index contributed by atoms with van der Waals surface area (Å²) >= 11 is 0. The summed E-state index contributed by atoms with van der Waals surface area (Å²) in [5.74, 6) is -0.383. The number of carbonyl (C=O) groups is 1. The molecule has 2 aromatic rings. The van der Waals surface area contributed by atoms with E-state index >= 15 is 0 Å². The second-order valence-corrected chi connectivity index (χ2v) is 3.02. The van der Waals surface area contributed by atoms with Gasteiger partial charge >= 0.3 is 5.97 Å². The molecule has 0 atom stereocenters. The zero-order chi connectivity index (χ0) is 10.8. The maximum Gasteiger partial charge on any atom is 0.336 e. The van der Waals surface area contributed by atoms with E-state index < -0.39 is 5.97 Å². The first kappa shape index (κ1) is 12.3. The fourth-order valence-electron chi connectivity index (χ4n) is 1.50. The minimum atomic E-state index is -0.962. The monoisotopic (exact) mass is 239 g/mol. The van der Waals surface area contributed by atoms with E-state index in [1.165, 1.54) is 13.2 Å². The number of methoxy groups -OCH3 is 1. The Morgan fingerprint density at radius 1 is 1.38 bits per heavy atom. The Bertz CT molecular complexity index is 528. The molecule has 2 rings (SSSR count). The van der Waals surface area contributed by atoms with Gasteiger partial charge in [-0.15, -0.1) is 12.4 Å². The number of ether oxygens (including phenoxy) is 1. The summed E-state index contributed by atoms with van der Waals surface area (Å²) in [5, 5.41) is 9.57. The van der Waals surface area contributed by atoms with Gasteiger partial charge in [0.25, 0.3) is 0 Å². The quantitative estimate of drug-likeness (QED) is 0.874. The third-order valence-electron chi connectivity index (χ3n) is 2.18. The van der Waals surface area contributed by atoms with E-state index in [-0.39, 0.29) is 18.0 Å². The molecule has 0 unspecified atom stereocenters. The molecule has 0 aliphatic heterocycles. The molecular formula is C11H10ClNO3. The minimum absolute atomic E-state index is 0. The van der Waals surface area contributed by atoms with Gasteiger partial charge in [-0.2, -0.15) is 0 Å². The van der Waals surface area contributed by atoms with Crippen molar-refractivity contribution in [2.24, 2.45) is 0 Å². The number of fused-ring (bicyclic) bond motifs is 1. The Morgan fingerprint density at radius 2 is 2.12 bits per heavy atom. The van der Waals surface area contributed by atoms with E-state index in [0.717, 1.165) is 0 Å². The molecule has 0 bridgehead atoms. The van der Waals surface area contributed by atoms with E-state index in [1.807, 2.05) is 0 Å². The lowest BCUT2D eigenvalue weighted by Gasteiger charge is -2.06. The zero-order valence-corrected chi connectivity index (χ0v) is 9.32. The molecule has 0 saturated carbocycles. The lowest BCUT2D eigenvalue weighted by Crippen LogP contribution is -1.99. The molecule has 0 amide bonds. The first-order valence-electron chi connectivity index (χ1n) is 4.39. The van der Waals surface area contributed by atoms with Crippen molar-refractivity contribution < 1.29 is 14.6 Å². The summed E-state index contributed by atoms with van der Waals surface area (Å²) < 4.78 is 5.11. The molecule has 0 saturated heterocycles. The molecule has 0 radical (unpaired) electrons. The predicted molar refractivity (Wildman–Crippen MR) is 62.5 cm³/mol. The van der Waals surface area contributed by atoms with E-state index in [0.29, 0.717) is 16.7 Å². The highest BCUT2D eigenvalue weighted by atomic mass is 35.5. The number of rotatable bonds is 2. The van der Waals surface area contributed by atoms with Crippen molar-refractivity contribution >= 4 is 29.3 Å². The molecule has 0 aliphatic rings. The Morgan fingerprint density at radius 3 is 2.75 bits per heavy atom. The average molecular weight is 240 g/mol. The van der Waals surface area contributed by atoms with Gasteiger partial charge in [0.1, 0.15) is 11.3 Å². The molecule has 84 valence electrons. The topological polar surface area (TPSA) is 59.4 Å². The second kappa shape index (κ2) is 4.81. The standard InChI is InChI=1S/C11H9NO3.ClH/c1-15-9-5-4-8(11(13)14)7-3-2-6-12-10(7)9;/h2-6H,1H3,(H,13,14);1H. The van der Waals surface area contributed by atoms with Crippen molar-refractivity contribution in [1.29, 1.82) is 0 Å². The number of pyridine rings is 1. The van der Waals surface area contributed by atoms with Crippen molar-refractivity contribution in [3.05, 3.63) is 36.0 Å². The lowest BCUT2D eigenvalue weighted by molar-refractivity contribution is 0.0699. The number of hydrogen-bond donors (Lipinski definition) is 1. The van der Waals surface area contributed by atoms with Gasteiger partial charge in [-0.3, -0.25) is 4.98 Å². The Hall–Kier alpha value is -1.81. The third-order valence-corrected chi connectivity index (χ3v) is 2.18. The van der Waals surface area contributed by atoms with Crippen molar-refractivity contribution in [3.63, 3.8) is 0 Å². The van der Waals surface area contributed by atoms with Crippen molar-refractivity contribution in [2.45, 2.75) is 0 Å². The number of aromatic carboxylic acids is 1. The average Bonchev–Trinajstić information content (AvgIpc) is 2.27. The summed E-state index contributed by atoms with van der Waals surface area (Å²) in [7, 11) is 1.53. The van der Waals surface area contributed by atoms with Gasteiger partial charge in [0.2, 0.25) is 0 Å². The smallest absolute Gasteiger partial charge is 0.336 e. The number of carboxylic acids is 1. The van der Waals surface area contributed by atoms with Gasteiger partial charge in [0.15, 0.2) is 0 Å². The molecule has 0 fully saturated rings.